The van der Waals surface area contributed by atoms with Gasteiger partial charge in [-0.15, -0.1) is 0 Å². The van der Waals surface area contributed by atoms with Gasteiger partial charge in [-0.25, -0.2) is 14.7 Å². The molecule has 0 fully saturated rings. The number of nitrogens with one attached hydrogen (secondary N) is 2. The van der Waals surface area contributed by atoms with Crippen LogP contribution in [0.25, 0.3) is 5.82 Å². The lowest BCUT2D eigenvalue weighted by molar-refractivity contribution is 0.802. The van der Waals surface area contributed by atoms with Gasteiger partial charge < -0.3 is 10.6 Å². The highest BCUT2D eigenvalue weighted by Gasteiger charge is 2.05. The van der Waals surface area contributed by atoms with Crippen LogP contribution in [0.5, 0.6) is 0 Å². The summed E-state index contributed by atoms with van der Waals surface area (Å²) < 4.78 is 1.86. The average Bonchev–Trinajstić information content (AvgIpc) is 2.92. The minimum Gasteiger partial charge on any atom is -0.357 e. The van der Waals surface area contributed by atoms with Gasteiger partial charge in [0.05, 0.1) is 12.2 Å². The lowest BCUT2D eigenvalue weighted by Gasteiger charge is -2.10. The van der Waals surface area contributed by atoms with E-state index in [4.69, 9.17) is 0 Å². The molecular weight excluding hydrogens is 320 g/mol. The van der Waals surface area contributed by atoms with E-state index in [0.29, 0.717) is 6.54 Å². The lowest BCUT2D eigenvalue weighted by atomic mass is 10.3. The summed E-state index contributed by atoms with van der Waals surface area (Å²) in [6.45, 7) is 8.43. The molecule has 0 aromatic carbocycles. The normalized spacial score (nSPS) is 11.6. The summed E-state index contributed by atoms with van der Waals surface area (Å²) in [4.78, 5) is 9.11. The summed E-state index contributed by atoms with van der Waals surface area (Å²) >= 11 is 1.81. The number of hydrogen-bond donors (Lipinski definition) is 2. The standard InChI is InChI=1S/C17H26N6S/c1-5-18-17(19-8-9-24-4)21-12-15-6-7-16(20-11-15)23-14(3)10-13(2)22-23/h6-7,10-11H,5,8-9,12H2,1-4H3,(H2,18,19,21). The van der Waals surface area contributed by atoms with Gasteiger partial charge in [0.1, 0.15) is 0 Å². The molecule has 0 saturated carbocycles. The average molecular weight is 347 g/mol. The molecule has 0 aliphatic carbocycles. The molecule has 24 heavy (non-hydrogen) atoms. The van der Waals surface area contributed by atoms with Crippen LogP contribution in [0.1, 0.15) is 23.9 Å². The Labute approximate surface area is 148 Å². The second kappa shape index (κ2) is 9.32. The zero-order chi connectivity index (χ0) is 17.4. The summed E-state index contributed by atoms with van der Waals surface area (Å²) in [6.07, 6.45) is 3.96. The maximum atomic E-state index is 4.60. The molecule has 2 N–H and O–H groups in total. The Balaban J connectivity index is 2.01. The van der Waals surface area contributed by atoms with E-state index in [-0.39, 0.29) is 0 Å². The number of hydrogen-bond acceptors (Lipinski definition) is 4. The van der Waals surface area contributed by atoms with Crippen molar-refractivity contribution in [1.29, 1.82) is 0 Å². The van der Waals surface area contributed by atoms with Gasteiger partial charge in [-0.3, -0.25) is 0 Å². The topological polar surface area (TPSA) is 67.1 Å². The summed E-state index contributed by atoms with van der Waals surface area (Å²) in [5, 5.41) is 11.0. The van der Waals surface area contributed by atoms with Gasteiger partial charge in [0.25, 0.3) is 0 Å². The minimum absolute atomic E-state index is 0.596. The van der Waals surface area contributed by atoms with Crippen molar-refractivity contribution in [3.05, 3.63) is 41.3 Å². The van der Waals surface area contributed by atoms with E-state index in [1.54, 1.807) is 0 Å². The van der Waals surface area contributed by atoms with E-state index >= 15 is 0 Å². The third-order valence-corrected chi connectivity index (χ3v) is 4.01. The Bertz CT molecular complexity index is 662. The molecule has 0 spiro atoms. The van der Waals surface area contributed by atoms with E-state index < -0.39 is 0 Å². The van der Waals surface area contributed by atoms with Crippen LogP contribution in [0.4, 0.5) is 0 Å². The van der Waals surface area contributed by atoms with Gasteiger partial charge in [-0.2, -0.15) is 16.9 Å². The first-order valence-electron chi connectivity index (χ1n) is 8.13. The fourth-order valence-electron chi connectivity index (χ4n) is 2.28. The van der Waals surface area contributed by atoms with Crippen LogP contribution in [0.2, 0.25) is 0 Å². The lowest BCUT2D eigenvalue weighted by Crippen LogP contribution is -2.38. The van der Waals surface area contributed by atoms with Crippen molar-refractivity contribution in [2.75, 3.05) is 25.1 Å². The van der Waals surface area contributed by atoms with Gasteiger partial charge in [0.15, 0.2) is 11.8 Å². The summed E-state index contributed by atoms with van der Waals surface area (Å²) in [5.74, 6) is 2.73. The summed E-state index contributed by atoms with van der Waals surface area (Å²) in [5.41, 5.74) is 3.15. The third-order valence-electron chi connectivity index (χ3n) is 3.40. The van der Waals surface area contributed by atoms with E-state index in [9.17, 15) is 0 Å². The number of guanidine groups is 1. The Morgan fingerprint density at radius 2 is 2.12 bits per heavy atom. The highest BCUT2D eigenvalue weighted by molar-refractivity contribution is 7.98. The van der Waals surface area contributed by atoms with Crippen molar-refractivity contribution >= 4 is 17.7 Å². The Kier molecular flexibility index (Phi) is 7.11. The van der Waals surface area contributed by atoms with Crippen molar-refractivity contribution in [3.63, 3.8) is 0 Å². The van der Waals surface area contributed by atoms with Crippen molar-refractivity contribution in [2.45, 2.75) is 27.3 Å². The fourth-order valence-corrected chi connectivity index (χ4v) is 2.59. The second-order valence-electron chi connectivity index (χ2n) is 5.48. The van der Waals surface area contributed by atoms with Crippen LogP contribution < -0.4 is 10.6 Å². The van der Waals surface area contributed by atoms with E-state index in [1.165, 1.54) is 0 Å². The zero-order valence-electron chi connectivity index (χ0n) is 14.8. The molecule has 0 atom stereocenters. The van der Waals surface area contributed by atoms with Crippen molar-refractivity contribution in [2.24, 2.45) is 4.99 Å². The Morgan fingerprint density at radius 1 is 1.29 bits per heavy atom. The molecule has 130 valence electrons. The second-order valence-corrected chi connectivity index (χ2v) is 6.46. The number of pyridine rings is 1. The third kappa shape index (κ3) is 5.26. The number of nitrogens with zero attached hydrogens (tertiary/aromatic N) is 4. The molecule has 2 rings (SSSR count). The van der Waals surface area contributed by atoms with Crippen LogP contribution in [-0.4, -0.2) is 45.8 Å². The van der Waals surface area contributed by atoms with Gasteiger partial charge in [0, 0.05) is 30.7 Å². The summed E-state index contributed by atoms with van der Waals surface area (Å²) in [7, 11) is 0. The molecule has 0 aliphatic rings. The molecule has 2 heterocycles. The first-order valence-corrected chi connectivity index (χ1v) is 9.53. The molecule has 2 aromatic heterocycles. The largest absolute Gasteiger partial charge is 0.357 e. The monoisotopic (exact) mass is 346 g/mol. The fraction of sp³-hybridized carbons (Fsp3) is 0.471. The molecule has 6 nitrogen and oxygen atoms in total. The van der Waals surface area contributed by atoms with Gasteiger partial charge >= 0.3 is 0 Å². The predicted molar refractivity (Wildman–Crippen MR) is 102 cm³/mol. The molecule has 0 amide bonds. The Hall–Kier alpha value is -2.02. The quantitative estimate of drug-likeness (QED) is 0.457. The van der Waals surface area contributed by atoms with Crippen LogP contribution in [0.15, 0.2) is 29.4 Å². The number of aliphatic imine (C=N–C) groups is 1. The number of rotatable bonds is 7. The zero-order valence-corrected chi connectivity index (χ0v) is 15.7. The van der Waals surface area contributed by atoms with Gasteiger partial charge in [0.2, 0.25) is 0 Å². The van der Waals surface area contributed by atoms with Crippen molar-refractivity contribution in [1.82, 2.24) is 25.4 Å². The smallest absolute Gasteiger partial charge is 0.191 e. The molecule has 0 bridgehead atoms. The SMILES string of the molecule is CCNC(=NCc1ccc(-n2nc(C)cc2C)nc1)NCCSC. The van der Waals surface area contributed by atoms with Crippen LogP contribution in [-0.2, 0) is 6.54 Å². The van der Waals surface area contributed by atoms with E-state index in [0.717, 1.165) is 47.6 Å². The number of aryl methyl sites for hydroxylation is 2. The molecule has 2 aromatic rings. The van der Waals surface area contributed by atoms with Gasteiger partial charge in [-0.05, 0) is 44.7 Å². The highest BCUT2D eigenvalue weighted by Crippen LogP contribution is 2.10. The minimum atomic E-state index is 0.596. The maximum absolute atomic E-state index is 4.60. The highest BCUT2D eigenvalue weighted by atomic mass is 32.2. The molecular formula is C17H26N6S. The number of aromatic nitrogens is 3. The van der Waals surface area contributed by atoms with Crippen LogP contribution >= 0.6 is 11.8 Å². The van der Waals surface area contributed by atoms with Crippen LogP contribution in [0.3, 0.4) is 0 Å². The molecule has 0 radical (unpaired) electrons. The summed E-state index contributed by atoms with van der Waals surface area (Å²) in [6, 6.07) is 6.08. The maximum Gasteiger partial charge on any atom is 0.191 e. The molecule has 0 unspecified atom stereocenters. The van der Waals surface area contributed by atoms with Gasteiger partial charge in [-0.1, -0.05) is 6.07 Å². The molecule has 0 aliphatic heterocycles. The van der Waals surface area contributed by atoms with E-state index in [2.05, 4.69) is 38.9 Å². The predicted octanol–water partition coefficient (Wildman–Crippen LogP) is 2.30. The first kappa shape index (κ1) is 18.3. The molecule has 7 heteroatoms. The Morgan fingerprint density at radius 3 is 2.71 bits per heavy atom. The van der Waals surface area contributed by atoms with E-state index in [1.807, 2.05) is 54.7 Å². The number of thioether (sulfide) groups is 1. The van der Waals surface area contributed by atoms with Crippen LogP contribution in [0, 0.1) is 13.8 Å². The van der Waals surface area contributed by atoms with Crippen molar-refractivity contribution in [3.8, 4) is 5.82 Å². The van der Waals surface area contributed by atoms with Crippen molar-refractivity contribution < 1.29 is 0 Å². The first-order chi connectivity index (χ1) is 11.6. The molecule has 0 saturated heterocycles.